The number of hydrogen-bond donors (Lipinski definition) is 2. The molecule has 1 rings (SSSR count). The van der Waals surface area contributed by atoms with Gasteiger partial charge in [-0.1, -0.05) is 19.9 Å². The zero-order chi connectivity index (χ0) is 12.3. The average Bonchev–Trinajstić information content (AvgIpc) is 2.19. The van der Waals surface area contributed by atoms with Crippen molar-refractivity contribution >= 4 is 5.69 Å². The number of aliphatic hydroxyl groups is 1. The second kappa shape index (κ2) is 4.83. The zero-order valence-corrected chi connectivity index (χ0v) is 10.3. The van der Waals surface area contributed by atoms with E-state index in [4.69, 9.17) is 0 Å². The molecule has 0 saturated carbocycles. The van der Waals surface area contributed by atoms with Crippen molar-refractivity contribution in [3.05, 3.63) is 29.6 Å². The maximum absolute atomic E-state index is 13.4. The SMILES string of the molecule is Cc1ccc(F)c(NCC(C)(O)C(C)C)c1. The number of nitrogens with one attached hydrogen (secondary N) is 1. The highest BCUT2D eigenvalue weighted by Crippen LogP contribution is 2.20. The summed E-state index contributed by atoms with van der Waals surface area (Å²) in [6.45, 7) is 7.87. The van der Waals surface area contributed by atoms with Gasteiger partial charge in [0.1, 0.15) is 5.82 Å². The molecule has 0 aliphatic rings. The number of halogens is 1. The fourth-order valence-electron chi connectivity index (χ4n) is 1.25. The Morgan fingerprint density at radius 2 is 2.06 bits per heavy atom. The van der Waals surface area contributed by atoms with Gasteiger partial charge in [-0.3, -0.25) is 0 Å². The lowest BCUT2D eigenvalue weighted by atomic mass is 9.92. The standard InChI is InChI=1S/C13H20FNO/c1-9(2)13(4,16)8-15-12-7-10(3)5-6-11(12)14/h5-7,9,15-16H,8H2,1-4H3. The molecule has 16 heavy (non-hydrogen) atoms. The van der Waals surface area contributed by atoms with E-state index < -0.39 is 5.60 Å². The van der Waals surface area contributed by atoms with Crippen molar-refractivity contribution < 1.29 is 9.50 Å². The smallest absolute Gasteiger partial charge is 0.146 e. The minimum absolute atomic E-state index is 0.118. The molecule has 3 heteroatoms. The van der Waals surface area contributed by atoms with E-state index in [0.717, 1.165) is 5.56 Å². The van der Waals surface area contributed by atoms with E-state index in [9.17, 15) is 9.50 Å². The van der Waals surface area contributed by atoms with E-state index in [-0.39, 0.29) is 11.7 Å². The van der Waals surface area contributed by atoms with Crippen molar-refractivity contribution in [2.75, 3.05) is 11.9 Å². The Hall–Kier alpha value is -1.09. The van der Waals surface area contributed by atoms with Crippen molar-refractivity contribution in [1.29, 1.82) is 0 Å². The summed E-state index contributed by atoms with van der Waals surface area (Å²) >= 11 is 0. The fraction of sp³-hybridized carbons (Fsp3) is 0.538. The monoisotopic (exact) mass is 225 g/mol. The van der Waals surface area contributed by atoms with Crippen LogP contribution in [0.2, 0.25) is 0 Å². The lowest BCUT2D eigenvalue weighted by Gasteiger charge is -2.28. The van der Waals surface area contributed by atoms with Crippen LogP contribution >= 0.6 is 0 Å². The third kappa shape index (κ3) is 3.20. The molecule has 0 aliphatic heterocycles. The van der Waals surface area contributed by atoms with Gasteiger partial charge in [0.15, 0.2) is 0 Å². The highest BCUT2D eigenvalue weighted by atomic mass is 19.1. The second-order valence-corrected chi connectivity index (χ2v) is 4.85. The summed E-state index contributed by atoms with van der Waals surface area (Å²) in [6, 6.07) is 4.90. The fourth-order valence-corrected chi connectivity index (χ4v) is 1.25. The summed E-state index contributed by atoms with van der Waals surface area (Å²) in [5.74, 6) is -0.168. The molecule has 0 fully saturated rings. The molecule has 90 valence electrons. The van der Waals surface area contributed by atoms with Crippen LogP contribution in [0.1, 0.15) is 26.3 Å². The first-order valence-corrected chi connectivity index (χ1v) is 5.55. The van der Waals surface area contributed by atoms with Crippen LogP contribution in [-0.4, -0.2) is 17.3 Å². The van der Waals surface area contributed by atoms with Crippen molar-refractivity contribution in [1.82, 2.24) is 0 Å². The van der Waals surface area contributed by atoms with Crippen LogP contribution < -0.4 is 5.32 Å². The third-order valence-electron chi connectivity index (χ3n) is 3.00. The van der Waals surface area contributed by atoms with Gasteiger partial charge in [0.05, 0.1) is 11.3 Å². The van der Waals surface area contributed by atoms with Crippen molar-refractivity contribution in [2.45, 2.75) is 33.3 Å². The number of rotatable bonds is 4. The molecule has 1 aromatic carbocycles. The molecular weight excluding hydrogens is 205 g/mol. The Morgan fingerprint density at radius 3 is 2.62 bits per heavy atom. The first-order valence-electron chi connectivity index (χ1n) is 5.55. The third-order valence-corrected chi connectivity index (χ3v) is 3.00. The van der Waals surface area contributed by atoms with Gasteiger partial charge < -0.3 is 10.4 Å². The molecule has 1 aromatic rings. The summed E-state index contributed by atoms with van der Waals surface area (Å²) in [4.78, 5) is 0. The molecule has 0 saturated heterocycles. The minimum atomic E-state index is -0.837. The minimum Gasteiger partial charge on any atom is -0.388 e. The average molecular weight is 225 g/mol. The van der Waals surface area contributed by atoms with Gasteiger partial charge in [0, 0.05) is 6.54 Å². The van der Waals surface area contributed by atoms with E-state index in [1.807, 2.05) is 20.8 Å². The molecule has 0 heterocycles. The molecule has 0 radical (unpaired) electrons. The van der Waals surface area contributed by atoms with Gasteiger partial charge in [-0.05, 0) is 37.5 Å². The van der Waals surface area contributed by atoms with Crippen LogP contribution in [-0.2, 0) is 0 Å². The first kappa shape index (κ1) is 13.0. The molecule has 2 N–H and O–H groups in total. The molecule has 0 aliphatic carbocycles. The molecule has 1 atom stereocenters. The lowest BCUT2D eigenvalue weighted by Crippen LogP contribution is -2.38. The highest BCUT2D eigenvalue weighted by Gasteiger charge is 2.24. The molecule has 0 amide bonds. The molecule has 0 bridgehead atoms. The summed E-state index contributed by atoms with van der Waals surface area (Å²) in [6.07, 6.45) is 0. The van der Waals surface area contributed by atoms with Gasteiger partial charge >= 0.3 is 0 Å². The molecule has 0 spiro atoms. The van der Waals surface area contributed by atoms with E-state index in [1.54, 1.807) is 19.1 Å². The molecule has 2 nitrogen and oxygen atoms in total. The molecule has 1 unspecified atom stereocenters. The van der Waals surface area contributed by atoms with Crippen LogP contribution in [0.25, 0.3) is 0 Å². The maximum Gasteiger partial charge on any atom is 0.146 e. The Morgan fingerprint density at radius 1 is 1.44 bits per heavy atom. The normalized spacial score (nSPS) is 14.9. The van der Waals surface area contributed by atoms with Crippen LogP contribution in [0.15, 0.2) is 18.2 Å². The quantitative estimate of drug-likeness (QED) is 0.825. The van der Waals surface area contributed by atoms with Gasteiger partial charge in [0.2, 0.25) is 0 Å². The summed E-state index contributed by atoms with van der Waals surface area (Å²) in [7, 11) is 0. The van der Waals surface area contributed by atoms with Crippen LogP contribution in [0.5, 0.6) is 0 Å². The van der Waals surface area contributed by atoms with Gasteiger partial charge in [-0.25, -0.2) is 4.39 Å². The lowest BCUT2D eigenvalue weighted by molar-refractivity contribution is 0.0266. The van der Waals surface area contributed by atoms with Gasteiger partial charge in [-0.2, -0.15) is 0 Å². The zero-order valence-electron chi connectivity index (χ0n) is 10.3. The van der Waals surface area contributed by atoms with Crippen molar-refractivity contribution in [2.24, 2.45) is 5.92 Å². The number of benzene rings is 1. The summed E-state index contributed by atoms with van der Waals surface area (Å²) in [5.41, 5.74) is 0.602. The molecule has 0 aromatic heterocycles. The highest BCUT2D eigenvalue weighted by molar-refractivity contribution is 5.47. The summed E-state index contributed by atoms with van der Waals surface area (Å²) < 4.78 is 13.4. The largest absolute Gasteiger partial charge is 0.388 e. The summed E-state index contributed by atoms with van der Waals surface area (Å²) in [5, 5.41) is 13.0. The predicted molar refractivity (Wildman–Crippen MR) is 65.1 cm³/mol. The Balaban J connectivity index is 2.71. The van der Waals surface area contributed by atoms with Gasteiger partial charge in [0.25, 0.3) is 0 Å². The van der Waals surface area contributed by atoms with Crippen LogP contribution in [0.3, 0.4) is 0 Å². The Kier molecular flexibility index (Phi) is 3.92. The van der Waals surface area contributed by atoms with Crippen molar-refractivity contribution in [3.63, 3.8) is 0 Å². The van der Waals surface area contributed by atoms with Crippen LogP contribution in [0.4, 0.5) is 10.1 Å². The van der Waals surface area contributed by atoms with Gasteiger partial charge in [-0.15, -0.1) is 0 Å². The predicted octanol–water partition coefficient (Wildman–Crippen LogP) is 2.95. The number of hydrogen-bond acceptors (Lipinski definition) is 2. The van der Waals surface area contributed by atoms with E-state index in [2.05, 4.69) is 5.32 Å². The van der Waals surface area contributed by atoms with E-state index in [0.29, 0.717) is 12.2 Å². The number of aryl methyl sites for hydroxylation is 1. The number of anilines is 1. The second-order valence-electron chi connectivity index (χ2n) is 4.85. The molecular formula is C13H20FNO. The topological polar surface area (TPSA) is 32.3 Å². The van der Waals surface area contributed by atoms with E-state index >= 15 is 0 Å². The van der Waals surface area contributed by atoms with E-state index in [1.165, 1.54) is 6.07 Å². The Labute approximate surface area is 96.5 Å². The maximum atomic E-state index is 13.4. The first-order chi connectivity index (χ1) is 7.33. The van der Waals surface area contributed by atoms with Crippen molar-refractivity contribution in [3.8, 4) is 0 Å². The Bertz CT molecular complexity index is 361. The van der Waals surface area contributed by atoms with Crippen LogP contribution in [0, 0.1) is 18.7 Å².